The lowest BCUT2D eigenvalue weighted by atomic mass is 9.88. The van der Waals surface area contributed by atoms with Crippen LogP contribution in [0.25, 0.3) is 0 Å². The van der Waals surface area contributed by atoms with Crippen molar-refractivity contribution in [1.29, 1.82) is 0 Å². The Morgan fingerprint density at radius 2 is 1.80 bits per heavy atom. The number of hydrogen-bond donors (Lipinski definition) is 0. The summed E-state index contributed by atoms with van der Waals surface area (Å²) in [6.07, 6.45) is 7.27. The van der Waals surface area contributed by atoms with E-state index in [1.807, 2.05) is 24.1 Å². The minimum absolute atomic E-state index is 0.0879. The van der Waals surface area contributed by atoms with Crippen LogP contribution in [0, 0.1) is 12.8 Å². The van der Waals surface area contributed by atoms with Crippen LogP contribution in [0.3, 0.4) is 0 Å². The highest BCUT2D eigenvalue weighted by Crippen LogP contribution is 2.29. The molecule has 1 aromatic carbocycles. The van der Waals surface area contributed by atoms with Gasteiger partial charge in [0.05, 0.1) is 0 Å². The number of rotatable bonds is 4. The van der Waals surface area contributed by atoms with Gasteiger partial charge in [0, 0.05) is 26.1 Å². The van der Waals surface area contributed by atoms with E-state index >= 15 is 0 Å². The van der Waals surface area contributed by atoms with Crippen LogP contribution in [-0.4, -0.2) is 41.2 Å². The first-order valence-corrected chi connectivity index (χ1v) is 9.68. The molecule has 1 aliphatic carbocycles. The lowest BCUT2D eigenvalue weighted by Crippen LogP contribution is -2.48. The molecule has 0 radical (unpaired) electrons. The lowest BCUT2D eigenvalue weighted by Gasteiger charge is -2.32. The van der Waals surface area contributed by atoms with E-state index in [0.717, 1.165) is 45.1 Å². The van der Waals surface area contributed by atoms with Gasteiger partial charge in [-0.1, -0.05) is 43.5 Å². The standard InChI is InChI=1S/C21H30N2O2/c1-16-9-6-7-12-18(16)15-22(2)21(25)19-13-8-14-23(19)20(24)17-10-4-3-5-11-17/h6-7,9,12,17,19H,3-5,8,10-11,13-15H2,1-2H3/t19-/m0/s1. The minimum Gasteiger partial charge on any atom is -0.340 e. The monoisotopic (exact) mass is 342 g/mol. The molecule has 25 heavy (non-hydrogen) atoms. The van der Waals surface area contributed by atoms with Crippen molar-refractivity contribution in [2.24, 2.45) is 5.92 Å². The Bertz CT molecular complexity index is 622. The molecule has 0 aromatic heterocycles. The summed E-state index contributed by atoms with van der Waals surface area (Å²) in [6.45, 7) is 3.42. The Hall–Kier alpha value is -1.84. The van der Waals surface area contributed by atoms with Crippen molar-refractivity contribution in [3.63, 3.8) is 0 Å². The molecule has 0 bridgehead atoms. The first-order valence-electron chi connectivity index (χ1n) is 9.68. The third-order valence-corrected chi connectivity index (χ3v) is 5.82. The van der Waals surface area contributed by atoms with Gasteiger partial charge in [-0.2, -0.15) is 0 Å². The molecule has 1 saturated heterocycles. The van der Waals surface area contributed by atoms with E-state index in [9.17, 15) is 9.59 Å². The Kier molecular flexibility index (Phi) is 5.77. The first kappa shape index (κ1) is 18.0. The number of carbonyl (C=O) groups is 2. The normalized spacial score (nSPS) is 21.4. The fraction of sp³-hybridized carbons (Fsp3) is 0.619. The Labute approximate surface area is 151 Å². The molecule has 2 aliphatic rings. The predicted molar refractivity (Wildman–Crippen MR) is 99.0 cm³/mol. The molecule has 0 N–H and O–H groups in total. The van der Waals surface area contributed by atoms with Crippen LogP contribution in [-0.2, 0) is 16.1 Å². The average Bonchev–Trinajstić information content (AvgIpc) is 3.12. The van der Waals surface area contributed by atoms with E-state index < -0.39 is 0 Å². The van der Waals surface area contributed by atoms with E-state index in [-0.39, 0.29) is 23.8 Å². The molecule has 1 aliphatic heterocycles. The van der Waals surface area contributed by atoms with Gasteiger partial charge >= 0.3 is 0 Å². The highest BCUT2D eigenvalue weighted by Gasteiger charge is 2.38. The van der Waals surface area contributed by atoms with E-state index in [1.165, 1.54) is 17.5 Å². The van der Waals surface area contributed by atoms with Gasteiger partial charge in [0.1, 0.15) is 6.04 Å². The van der Waals surface area contributed by atoms with Gasteiger partial charge in [-0.25, -0.2) is 0 Å². The summed E-state index contributed by atoms with van der Waals surface area (Å²) in [5.41, 5.74) is 2.37. The second-order valence-corrected chi connectivity index (χ2v) is 7.65. The molecule has 0 spiro atoms. The predicted octanol–water partition coefficient (Wildman–Crippen LogP) is 3.52. The molecule has 1 aromatic rings. The smallest absolute Gasteiger partial charge is 0.245 e. The number of likely N-dealkylation sites (tertiary alicyclic amines) is 1. The topological polar surface area (TPSA) is 40.6 Å². The van der Waals surface area contributed by atoms with E-state index in [4.69, 9.17) is 0 Å². The van der Waals surface area contributed by atoms with Gasteiger partial charge < -0.3 is 9.80 Å². The number of likely N-dealkylation sites (N-methyl/N-ethyl adjacent to an activating group) is 1. The molecule has 1 heterocycles. The molecule has 2 fully saturated rings. The molecule has 4 nitrogen and oxygen atoms in total. The quantitative estimate of drug-likeness (QED) is 0.840. The van der Waals surface area contributed by atoms with Gasteiger partial charge in [-0.05, 0) is 43.7 Å². The Balaban J connectivity index is 1.65. The van der Waals surface area contributed by atoms with Crippen molar-refractivity contribution in [2.75, 3.05) is 13.6 Å². The number of hydrogen-bond acceptors (Lipinski definition) is 2. The number of benzene rings is 1. The molecular weight excluding hydrogens is 312 g/mol. The zero-order chi connectivity index (χ0) is 17.8. The van der Waals surface area contributed by atoms with Gasteiger partial charge in [0.15, 0.2) is 0 Å². The number of amides is 2. The van der Waals surface area contributed by atoms with Crippen LogP contribution >= 0.6 is 0 Å². The Morgan fingerprint density at radius 1 is 1.08 bits per heavy atom. The highest BCUT2D eigenvalue weighted by molar-refractivity contribution is 5.89. The molecule has 136 valence electrons. The summed E-state index contributed by atoms with van der Waals surface area (Å²) in [5.74, 6) is 0.452. The van der Waals surface area contributed by atoms with Crippen molar-refractivity contribution in [3.05, 3.63) is 35.4 Å². The summed E-state index contributed by atoms with van der Waals surface area (Å²) in [5, 5.41) is 0. The number of aryl methyl sites for hydroxylation is 1. The molecule has 0 unspecified atom stereocenters. The largest absolute Gasteiger partial charge is 0.340 e. The highest BCUT2D eigenvalue weighted by atomic mass is 16.2. The fourth-order valence-electron chi connectivity index (χ4n) is 4.25. The average molecular weight is 342 g/mol. The maximum absolute atomic E-state index is 13.0. The summed E-state index contributed by atoms with van der Waals surface area (Å²) in [7, 11) is 1.86. The number of nitrogens with zero attached hydrogens (tertiary/aromatic N) is 2. The first-order chi connectivity index (χ1) is 12.1. The van der Waals surface area contributed by atoms with Crippen LogP contribution in [0.15, 0.2) is 24.3 Å². The molecule has 1 saturated carbocycles. The molecule has 4 heteroatoms. The second kappa shape index (κ2) is 8.03. The zero-order valence-electron chi connectivity index (χ0n) is 15.5. The fourth-order valence-corrected chi connectivity index (χ4v) is 4.25. The van der Waals surface area contributed by atoms with Gasteiger partial charge in [0.2, 0.25) is 11.8 Å². The second-order valence-electron chi connectivity index (χ2n) is 7.65. The maximum atomic E-state index is 13.0. The Morgan fingerprint density at radius 3 is 2.52 bits per heavy atom. The van der Waals surface area contributed by atoms with E-state index in [2.05, 4.69) is 19.1 Å². The van der Waals surface area contributed by atoms with Crippen LogP contribution in [0.1, 0.15) is 56.1 Å². The number of carbonyl (C=O) groups excluding carboxylic acids is 2. The summed E-state index contributed by atoms with van der Waals surface area (Å²) < 4.78 is 0. The van der Waals surface area contributed by atoms with E-state index in [0.29, 0.717) is 6.54 Å². The molecule has 3 rings (SSSR count). The van der Waals surface area contributed by atoms with Crippen molar-refractivity contribution >= 4 is 11.8 Å². The van der Waals surface area contributed by atoms with Crippen molar-refractivity contribution in [3.8, 4) is 0 Å². The summed E-state index contributed by atoms with van der Waals surface area (Å²) >= 11 is 0. The van der Waals surface area contributed by atoms with E-state index in [1.54, 1.807) is 4.90 Å². The van der Waals surface area contributed by atoms with Gasteiger partial charge in [-0.15, -0.1) is 0 Å². The zero-order valence-corrected chi connectivity index (χ0v) is 15.5. The van der Waals surface area contributed by atoms with Crippen molar-refractivity contribution in [2.45, 2.75) is 64.5 Å². The third kappa shape index (κ3) is 4.05. The lowest BCUT2D eigenvalue weighted by molar-refractivity contribution is -0.146. The van der Waals surface area contributed by atoms with Crippen molar-refractivity contribution in [1.82, 2.24) is 9.80 Å². The van der Waals surface area contributed by atoms with Gasteiger partial charge in [0.25, 0.3) is 0 Å². The minimum atomic E-state index is -0.261. The molecule has 1 atom stereocenters. The molecule has 2 amide bonds. The van der Waals surface area contributed by atoms with Crippen LogP contribution in [0.4, 0.5) is 0 Å². The van der Waals surface area contributed by atoms with Crippen LogP contribution in [0.5, 0.6) is 0 Å². The van der Waals surface area contributed by atoms with Crippen molar-refractivity contribution < 1.29 is 9.59 Å². The summed E-state index contributed by atoms with van der Waals surface area (Å²) in [4.78, 5) is 29.6. The van der Waals surface area contributed by atoms with Crippen LogP contribution in [0.2, 0.25) is 0 Å². The summed E-state index contributed by atoms with van der Waals surface area (Å²) in [6, 6.07) is 7.90. The van der Waals surface area contributed by atoms with Gasteiger partial charge in [-0.3, -0.25) is 9.59 Å². The third-order valence-electron chi connectivity index (χ3n) is 5.82. The molecular formula is C21H30N2O2. The maximum Gasteiger partial charge on any atom is 0.245 e. The van der Waals surface area contributed by atoms with Crippen LogP contribution < -0.4 is 0 Å². The SMILES string of the molecule is Cc1ccccc1CN(C)C(=O)[C@@H]1CCCN1C(=O)C1CCCCC1.